The third-order valence-electron chi connectivity index (χ3n) is 1.40. The van der Waals surface area contributed by atoms with Gasteiger partial charge in [0, 0.05) is 5.25 Å². The van der Waals surface area contributed by atoms with Crippen molar-refractivity contribution in [2.75, 3.05) is 5.75 Å². The molecule has 0 aromatic carbocycles. The van der Waals surface area contributed by atoms with Crippen molar-refractivity contribution in [2.24, 2.45) is 5.92 Å². The summed E-state index contributed by atoms with van der Waals surface area (Å²) < 4.78 is 0. The first-order valence-corrected chi connectivity index (χ1v) is 3.95. The number of rotatable bonds is 0. The SMILES string of the molecule is C[C@@H]1CS[C@H](C)C1. The van der Waals surface area contributed by atoms with Crippen molar-refractivity contribution in [1.29, 1.82) is 0 Å². The van der Waals surface area contributed by atoms with Crippen molar-refractivity contribution in [1.82, 2.24) is 0 Å². The molecule has 1 fully saturated rings. The van der Waals surface area contributed by atoms with Gasteiger partial charge in [-0.25, -0.2) is 0 Å². The molecule has 1 heterocycles. The van der Waals surface area contributed by atoms with Crippen LogP contribution in [0.2, 0.25) is 0 Å². The zero-order chi connectivity index (χ0) is 5.28. The topological polar surface area (TPSA) is 0 Å². The van der Waals surface area contributed by atoms with E-state index in [1.54, 1.807) is 0 Å². The van der Waals surface area contributed by atoms with E-state index in [0.29, 0.717) is 0 Å². The van der Waals surface area contributed by atoms with Crippen molar-refractivity contribution in [3.63, 3.8) is 0 Å². The molecule has 0 unspecified atom stereocenters. The van der Waals surface area contributed by atoms with Crippen LogP contribution in [0.4, 0.5) is 0 Å². The van der Waals surface area contributed by atoms with Gasteiger partial charge in [-0.05, 0) is 18.1 Å². The first-order valence-electron chi connectivity index (χ1n) is 2.90. The molecule has 0 amide bonds. The average molecular weight is 116 g/mol. The molecule has 0 radical (unpaired) electrons. The van der Waals surface area contributed by atoms with E-state index in [1.807, 2.05) is 0 Å². The lowest BCUT2D eigenvalue weighted by Gasteiger charge is -1.94. The zero-order valence-electron chi connectivity index (χ0n) is 4.98. The van der Waals surface area contributed by atoms with Crippen LogP contribution >= 0.6 is 11.8 Å². The number of hydrogen-bond donors (Lipinski definition) is 0. The Morgan fingerprint density at radius 2 is 2.14 bits per heavy atom. The summed E-state index contributed by atoms with van der Waals surface area (Å²) in [6, 6.07) is 0. The Bertz CT molecular complexity index is 53.2. The van der Waals surface area contributed by atoms with Gasteiger partial charge in [-0.3, -0.25) is 0 Å². The molecule has 0 nitrogen and oxygen atoms in total. The van der Waals surface area contributed by atoms with Crippen molar-refractivity contribution in [3.8, 4) is 0 Å². The molecule has 1 aliphatic heterocycles. The highest BCUT2D eigenvalue weighted by atomic mass is 32.2. The van der Waals surface area contributed by atoms with E-state index < -0.39 is 0 Å². The second-order valence-corrected chi connectivity index (χ2v) is 3.96. The summed E-state index contributed by atoms with van der Waals surface area (Å²) in [7, 11) is 0. The van der Waals surface area contributed by atoms with Gasteiger partial charge in [-0.15, -0.1) is 0 Å². The molecule has 0 aromatic heterocycles. The minimum absolute atomic E-state index is 0.940. The largest absolute Gasteiger partial charge is 0.159 e. The molecule has 0 spiro atoms. The second kappa shape index (κ2) is 2.08. The molecular weight excluding hydrogens is 104 g/mol. The Balaban J connectivity index is 2.26. The quantitative estimate of drug-likeness (QED) is 0.467. The van der Waals surface area contributed by atoms with Gasteiger partial charge in [0.15, 0.2) is 0 Å². The molecule has 42 valence electrons. The Morgan fingerprint density at radius 3 is 2.29 bits per heavy atom. The fourth-order valence-electron chi connectivity index (χ4n) is 1.03. The maximum atomic E-state index is 2.33. The van der Waals surface area contributed by atoms with E-state index in [-0.39, 0.29) is 0 Å². The number of hydrogen-bond acceptors (Lipinski definition) is 1. The Labute approximate surface area is 49.7 Å². The van der Waals surface area contributed by atoms with Gasteiger partial charge in [0.1, 0.15) is 0 Å². The molecule has 0 bridgehead atoms. The van der Waals surface area contributed by atoms with Crippen LogP contribution in [0.5, 0.6) is 0 Å². The maximum Gasteiger partial charge on any atom is 0.00216 e. The van der Waals surface area contributed by atoms with Gasteiger partial charge < -0.3 is 0 Å². The van der Waals surface area contributed by atoms with Crippen LogP contribution in [0.3, 0.4) is 0 Å². The van der Waals surface area contributed by atoms with Crippen LogP contribution in [0.1, 0.15) is 20.3 Å². The standard InChI is InChI=1S/C6H12S/c1-5-3-6(2)7-4-5/h5-6H,3-4H2,1-2H3/t5-,6+/m0/s1. The molecular formula is C6H12S. The van der Waals surface area contributed by atoms with Crippen LogP contribution in [-0.2, 0) is 0 Å². The molecule has 1 aliphatic rings. The summed E-state index contributed by atoms with van der Waals surface area (Å²) in [5.41, 5.74) is 0. The highest BCUT2D eigenvalue weighted by Gasteiger charge is 2.16. The molecule has 1 saturated heterocycles. The van der Waals surface area contributed by atoms with E-state index in [9.17, 15) is 0 Å². The van der Waals surface area contributed by atoms with Gasteiger partial charge in [0.05, 0.1) is 0 Å². The maximum absolute atomic E-state index is 2.33. The minimum atomic E-state index is 0.940. The normalized spacial score (nSPS) is 42.0. The van der Waals surface area contributed by atoms with Crippen LogP contribution in [-0.4, -0.2) is 11.0 Å². The van der Waals surface area contributed by atoms with Crippen LogP contribution in [0, 0.1) is 5.92 Å². The summed E-state index contributed by atoms with van der Waals surface area (Å²) in [6.07, 6.45) is 1.44. The highest BCUT2D eigenvalue weighted by molar-refractivity contribution is 8.00. The van der Waals surface area contributed by atoms with Crippen molar-refractivity contribution >= 4 is 11.8 Å². The highest BCUT2D eigenvalue weighted by Crippen LogP contribution is 2.29. The number of thioether (sulfide) groups is 1. The fourth-order valence-corrected chi connectivity index (χ4v) is 2.29. The van der Waals surface area contributed by atoms with Gasteiger partial charge in [-0.1, -0.05) is 13.8 Å². The molecule has 1 heteroatoms. The molecule has 0 aliphatic carbocycles. The lowest BCUT2D eigenvalue weighted by Crippen LogP contribution is -1.90. The first kappa shape index (κ1) is 5.49. The summed E-state index contributed by atoms with van der Waals surface area (Å²) in [5.74, 6) is 2.38. The predicted octanol–water partition coefficient (Wildman–Crippen LogP) is 2.15. The summed E-state index contributed by atoms with van der Waals surface area (Å²) in [4.78, 5) is 0. The van der Waals surface area contributed by atoms with Crippen molar-refractivity contribution in [3.05, 3.63) is 0 Å². The van der Waals surface area contributed by atoms with Crippen LogP contribution < -0.4 is 0 Å². The van der Waals surface area contributed by atoms with Gasteiger partial charge in [-0.2, -0.15) is 11.8 Å². The lowest BCUT2D eigenvalue weighted by atomic mass is 10.1. The third kappa shape index (κ3) is 1.37. The van der Waals surface area contributed by atoms with E-state index in [0.717, 1.165) is 11.2 Å². The van der Waals surface area contributed by atoms with Crippen LogP contribution in [0.15, 0.2) is 0 Å². The third-order valence-corrected chi connectivity index (χ3v) is 2.92. The van der Waals surface area contributed by atoms with E-state index in [4.69, 9.17) is 0 Å². The van der Waals surface area contributed by atoms with E-state index in [1.165, 1.54) is 12.2 Å². The predicted molar refractivity (Wildman–Crippen MR) is 35.7 cm³/mol. The monoisotopic (exact) mass is 116 g/mol. The molecule has 1 rings (SSSR count). The van der Waals surface area contributed by atoms with Gasteiger partial charge >= 0.3 is 0 Å². The average Bonchev–Trinajstić information content (AvgIpc) is 1.87. The Morgan fingerprint density at radius 1 is 1.43 bits per heavy atom. The minimum Gasteiger partial charge on any atom is -0.159 e. The van der Waals surface area contributed by atoms with Crippen LogP contribution in [0.25, 0.3) is 0 Å². The summed E-state index contributed by atoms with van der Waals surface area (Å²) in [6.45, 7) is 4.64. The van der Waals surface area contributed by atoms with Gasteiger partial charge in [0.2, 0.25) is 0 Å². The second-order valence-electron chi connectivity index (χ2n) is 2.48. The summed E-state index contributed by atoms with van der Waals surface area (Å²) in [5, 5.41) is 0.940. The van der Waals surface area contributed by atoms with E-state index >= 15 is 0 Å². The zero-order valence-corrected chi connectivity index (χ0v) is 5.79. The molecule has 2 atom stereocenters. The lowest BCUT2D eigenvalue weighted by molar-refractivity contribution is 0.626. The fraction of sp³-hybridized carbons (Fsp3) is 1.00. The molecule has 0 N–H and O–H groups in total. The first-order chi connectivity index (χ1) is 3.29. The summed E-state index contributed by atoms with van der Waals surface area (Å²) >= 11 is 2.11. The molecule has 0 aromatic rings. The van der Waals surface area contributed by atoms with E-state index in [2.05, 4.69) is 25.6 Å². The van der Waals surface area contributed by atoms with Gasteiger partial charge in [0.25, 0.3) is 0 Å². The molecule has 7 heavy (non-hydrogen) atoms. The Kier molecular flexibility index (Phi) is 1.63. The molecule has 0 saturated carbocycles. The van der Waals surface area contributed by atoms with Crippen molar-refractivity contribution in [2.45, 2.75) is 25.5 Å². The van der Waals surface area contributed by atoms with Crippen molar-refractivity contribution < 1.29 is 0 Å². The smallest absolute Gasteiger partial charge is 0.00216 e. The Hall–Kier alpha value is 0.350.